The van der Waals surface area contributed by atoms with Gasteiger partial charge in [-0.2, -0.15) is 0 Å². The molecule has 0 atom stereocenters. The highest BCUT2D eigenvalue weighted by molar-refractivity contribution is 5.53. The molecule has 0 spiro atoms. The van der Waals surface area contributed by atoms with E-state index in [9.17, 15) is 0 Å². The van der Waals surface area contributed by atoms with Gasteiger partial charge in [0, 0.05) is 5.41 Å². The number of hydrogen-bond acceptors (Lipinski definition) is 0. The molecule has 0 heterocycles. The van der Waals surface area contributed by atoms with Crippen molar-refractivity contribution in [3.05, 3.63) is 131 Å². The summed E-state index contributed by atoms with van der Waals surface area (Å²) in [6, 6.07) is 33.1. The van der Waals surface area contributed by atoms with Gasteiger partial charge < -0.3 is 0 Å². The smallest absolute Gasteiger partial charge is 0.0417 e. The Labute approximate surface area is 175 Å². The summed E-state index contributed by atoms with van der Waals surface area (Å²) in [6.07, 6.45) is 10.6. The van der Waals surface area contributed by atoms with Crippen LogP contribution >= 0.6 is 0 Å². The highest BCUT2D eigenvalue weighted by Gasteiger charge is 2.38. The van der Waals surface area contributed by atoms with E-state index in [4.69, 9.17) is 0 Å². The molecule has 0 saturated carbocycles. The molecule has 0 fully saturated rings. The van der Waals surface area contributed by atoms with Gasteiger partial charge in [-0.15, -0.1) is 0 Å². The lowest BCUT2D eigenvalue weighted by molar-refractivity contribution is 0.512. The second-order valence-corrected chi connectivity index (χ2v) is 8.06. The molecule has 0 heteroatoms. The molecular weight excluding hydrogens is 348 g/mol. The molecule has 1 aliphatic carbocycles. The van der Waals surface area contributed by atoms with Crippen LogP contribution in [0.4, 0.5) is 0 Å². The van der Waals surface area contributed by atoms with Crippen molar-refractivity contribution >= 4 is 0 Å². The molecule has 0 radical (unpaired) electrons. The van der Waals surface area contributed by atoms with Crippen molar-refractivity contribution in [1.29, 1.82) is 0 Å². The first kappa shape index (κ1) is 19.5. The predicted molar refractivity (Wildman–Crippen MR) is 124 cm³/mol. The minimum absolute atomic E-state index is 0.0481. The summed E-state index contributed by atoms with van der Waals surface area (Å²) in [7, 11) is 0. The van der Waals surface area contributed by atoms with E-state index in [0.717, 1.165) is 19.3 Å². The molecule has 0 nitrogen and oxygen atoms in total. The van der Waals surface area contributed by atoms with Gasteiger partial charge >= 0.3 is 0 Å². The van der Waals surface area contributed by atoms with Crippen LogP contribution in [0.25, 0.3) is 0 Å². The van der Waals surface area contributed by atoms with Gasteiger partial charge in [-0.05, 0) is 41.5 Å². The number of unbranched alkanes of at least 4 members (excludes halogenated alkanes) is 1. The van der Waals surface area contributed by atoms with E-state index in [1.165, 1.54) is 40.7 Å². The van der Waals surface area contributed by atoms with Crippen molar-refractivity contribution in [2.75, 3.05) is 0 Å². The lowest BCUT2D eigenvalue weighted by Gasteiger charge is -2.37. The molecule has 3 aromatic rings. The fourth-order valence-corrected chi connectivity index (χ4v) is 4.71. The topological polar surface area (TPSA) is 0 Å². The average Bonchev–Trinajstić information content (AvgIpc) is 3.25. The van der Waals surface area contributed by atoms with Gasteiger partial charge in [0.25, 0.3) is 0 Å². The molecule has 0 N–H and O–H groups in total. The highest BCUT2D eigenvalue weighted by Crippen LogP contribution is 2.47. The summed E-state index contributed by atoms with van der Waals surface area (Å²) in [4.78, 5) is 0. The third-order valence-corrected chi connectivity index (χ3v) is 6.18. The zero-order valence-corrected chi connectivity index (χ0v) is 17.4. The molecule has 1 aliphatic rings. The number of hydrogen-bond donors (Lipinski definition) is 0. The van der Waals surface area contributed by atoms with Crippen LogP contribution < -0.4 is 0 Å². The van der Waals surface area contributed by atoms with E-state index in [0.29, 0.717) is 0 Å². The Morgan fingerprint density at radius 2 is 1.28 bits per heavy atom. The second-order valence-electron chi connectivity index (χ2n) is 8.06. The third kappa shape index (κ3) is 4.12. The molecule has 0 aliphatic heterocycles. The van der Waals surface area contributed by atoms with Crippen molar-refractivity contribution in [1.82, 2.24) is 0 Å². The van der Waals surface area contributed by atoms with Gasteiger partial charge in [-0.1, -0.05) is 128 Å². The van der Waals surface area contributed by atoms with Crippen molar-refractivity contribution in [2.45, 2.75) is 44.4 Å². The van der Waals surface area contributed by atoms with Gasteiger partial charge in [0.2, 0.25) is 0 Å². The Morgan fingerprint density at radius 1 is 0.724 bits per heavy atom. The first-order valence-corrected chi connectivity index (χ1v) is 10.9. The van der Waals surface area contributed by atoms with Crippen molar-refractivity contribution in [3.63, 3.8) is 0 Å². The predicted octanol–water partition coefficient (Wildman–Crippen LogP) is 7.66. The van der Waals surface area contributed by atoms with Crippen LogP contribution in [-0.2, 0) is 11.8 Å². The Kier molecular flexibility index (Phi) is 6.10. The van der Waals surface area contributed by atoms with E-state index in [2.05, 4.69) is 110 Å². The first-order chi connectivity index (χ1) is 14.3. The monoisotopic (exact) mass is 378 g/mol. The molecular formula is C29H30. The first-order valence-electron chi connectivity index (χ1n) is 10.9. The largest absolute Gasteiger partial charge is 0.0769 e. The maximum atomic E-state index is 2.49. The van der Waals surface area contributed by atoms with Gasteiger partial charge in [0.15, 0.2) is 0 Å². The van der Waals surface area contributed by atoms with E-state index in [1.807, 2.05) is 0 Å². The summed E-state index contributed by atoms with van der Waals surface area (Å²) in [5.41, 5.74) is 7.15. The standard InChI is InChI=1S/C29H30/c1-2-3-21-29(26-15-9-5-10-16-26,27-17-11-6-12-18-27)28-20-19-25(23-28)22-24-13-7-4-8-14-24/h4-19,23H,2-3,20-22H2,1H3. The fraction of sp³-hybridized carbons (Fsp3) is 0.241. The van der Waals surface area contributed by atoms with Crippen LogP contribution in [0.5, 0.6) is 0 Å². The fourth-order valence-electron chi connectivity index (χ4n) is 4.71. The van der Waals surface area contributed by atoms with Gasteiger partial charge in [-0.3, -0.25) is 0 Å². The minimum Gasteiger partial charge on any atom is -0.0769 e. The van der Waals surface area contributed by atoms with E-state index in [1.54, 1.807) is 0 Å². The zero-order valence-electron chi connectivity index (χ0n) is 17.4. The quantitative estimate of drug-likeness (QED) is 0.377. The maximum Gasteiger partial charge on any atom is 0.0417 e. The molecule has 0 unspecified atom stereocenters. The van der Waals surface area contributed by atoms with Gasteiger partial charge in [0.05, 0.1) is 0 Å². The number of allylic oxidation sites excluding steroid dienone is 4. The number of rotatable bonds is 8. The summed E-state index contributed by atoms with van der Waals surface area (Å²) >= 11 is 0. The second kappa shape index (κ2) is 9.09. The molecule has 3 aromatic carbocycles. The summed E-state index contributed by atoms with van der Waals surface area (Å²) in [5.74, 6) is 0. The Morgan fingerprint density at radius 3 is 1.83 bits per heavy atom. The van der Waals surface area contributed by atoms with Gasteiger partial charge in [-0.25, -0.2) is 0 Å². The molecule has 0 aromatic heterocycles. The minimum atomic E-state index is -0.0481. The average molecular weight is 379 g/mol. The third-order valence-electron chi connectivity index (χ3n) is 6.18. The van der Waals surface area contributed by atoms with Crippen LogP contribution in [-0.4, -0.2) is 0 Å². The summed E-state index contributed by atoms with van der Waals surface area (Å²) < 4.78 is 0. The van der Waals surface area contributed by atoms with E-state index in [-0.39, 0.29) is 5.41 Å². The van der Waals surface area contributed by atoms with Crippen molar-refractivity contribution in [2.24, 2.45) is 0 Å². The Balaban J connectivity index is 1.77. The summed E-state index contributed by atoms with van der Waals surface area (Å²) in [6.45, 7) is 2.29. The Hall–Kier alpha value is -2.86. The van der Waals surface area contributed by atoms with Crippen molar-refractivity contribution in [3.8, 4) is 0 Å². The van der Waals surface area contributed by atoms with Crippen LogP contribution in [0.3, 0.4) is 0 Å². The van der Waals surface area contributed by atoms with Crippen LogP contribution in [0.2, 0.25) is 0 Å². The molecule has 146 valence electrons. The Bertz CT molecular complexity index is 923. The highest BCUT2D eigenvalue weighted by atomic mass is 14.4. The van der Waals surface area contributed by atoms with Crippen LogP contribution in [0.1, 0.15) is 49.3 Å². The van der Waals surface area contributed by atoms with Crippen molar-refractivity contribution < 1.29 is 0 Å². The van der Waals surface area contributed by atoms with Gasteiger partial charge in [0.1, 0.15) is 0 Å². The maximum absolute atomic E-state index is 2.49. The lowest BCUT2D eigenvalue weighted by atomic mass is 9.65. The van der Waals surface area contributed by atoms with Crippen LogP contribution in [0.15, 0.2) is 114 Å². The van der Waals surface area contributed by atoms with Crippen LogP contribution in [0, 0.1) is 0 Å². The molecule has 0 saturated heterocycles. The molecule has 0 amide bonds. The summed E-state index contributed by atoms with van der Waals surface area (Å²) in [5, 5.41) is 0. The number of benzene rings is 3. The zero-order chi connectivity index (χ0) is 19.9. The van der Waals surface area contributed by atoms with E-state index < -0.39 is 0 Å². The van der Waals surface area contributed by atoms with E-state index >= 15 is 0 Å². The molecule has 29 heavy (non-hydrogen) atoms. The molecule has 4 rings (SSSR count). The lowest BCUT2D eigenvalue weighted by Crippen LogP contribution is -2.30. The normalized spacial score (nSPS) is 13.8. The molecule has 0 bridgehead atoms. The SMILES string of the molecule is CCCCC(C1=CC(Cc2ccccc2)=CC1)(c1ccccc1)c1ccccc1.